The number of ketones is 1. The van der Waals surface area contributed by atoms with Crippen LogP contribution in [-0.4, -0.2) is 41.8 Å². The third-order valence-corrected chi connectivity index (χ3v) is 6.60. The molecule has 0 saturated carbocycles. The van der Waals surface area contributed by atoms with E-state index in [4.69, 9.17) is 0 Å². The summed E-state index contributed by atoms with van der Waals surface area (Å²) >= 11 is 0. The van der Waals surface area contributed by atoms with Crippen LogP contribution in [0.5, 0.6) is 0 Å². The van der Waals surface area contributed by atoms with Gasteiger partial charge in [0.2, 0.25) is 0 Å². The van der Waals surface area contributed by atoms with Gasteiger partial charge in [-0.05, 0) is 30.9 Å². The van der Waals surface area contributed by atoms with Crippen LogP contribution in [0.15, 0.2) is 24.3 Å². The molecule has 5 rings (SSSR count). The summed E-state index contributed by atoms with van der Waals surface area (Å²) in [6.07, 6.45) is 4.67. The lowest BCUT2D eigenvalue weighted by molar-refractivity contribution is -0.205. The fourth-order valence-corrected chi connectivity index (χ4v) is 5.96. The van der Waals surface area contributed by atoms with Gasteiger partial charge in [-0.1, -0.05) is 51.0 Å². The summed E-state index contributed by atoms with van der Waals surface area (Å²) in [6.45, 7) is 10.5. The summed E-state index contributed by atoms with van der Waals surface area (Å²) in [5.74, 6) is 0.592. The first kappa shape index (κ1) is 16.3. The van der Waals surface area contributed by atoms with Crippen molar-refractivity contribution < 1.29 is 4.79 Å². The van der Waals surface area contributed by atoms with Gasteiger partial charge >= 0.3 is 0 Å². The molecule has 1 aromatic carbocycles. The molecule has 0 spiro atoms. The van der Waals surface area contributed by atoms with Gasteiger partial charge < -0.3 is 0 Å². The summed E-state index contributed by atoms with van der Waals surface area (Å²) in [5, 5.41) is 0. The molecule has 3 heteroatoms. The van der Waals surface area contributed by atoms with Crippen LogP contribution in [0.2, 0.25) is 0 Å². The molecule has 4 saturated heterocycles. The Morgan fingerprint density at radius 1 is 0.958 bits per heavy atom. The Balaban J connectivity index is 1.75. The molecule has 24 heavy (non-hydrogen) atoms. The van der Waals surface area contributed by atoms with Gasteiger partial charge in [-0.15, -0.1) is 0 Å². The third-order valence-electron chi connectivity index (χ3n) is 6.60. The zero-order chi connectivity index (χ0) is 16.9. The van der Waals surface area contributed by atoms with Crippen molar-refractivity contribution in [2.45, 2.75) is 52.6 Å². The van der Waals surface area contributed by atoms with Gasteiger partial charge in [0.25, 0.3) is 0 Å². The fourth-order valence-electron chi connectivity index (χ4n) is 5.96. The molecule has 0 amide bonds. The Kier molecular flexibility index (Phi) is 3.85. The zero-order valence-electron chi connectivity index (χ0n) is 15.3. The van der Waals surface area contributed by atoms with Crippen molar-refractivity contribution in [2.24, 2.45) is 10.8 Å². The van der Waals surface area contributed by atoms with Crippen molar-refractivity contribution in [3.63, 3.8) is 0 Å². The van der Waals surface area contributed by atoms with Gasteiger partial charge in [-0.25, -0.2) is 0 Å². The van der Waals surface area contributed by atoms with Gasteiger partial charge in [0.15, 0.2) is 0 Å². The Labute approximate surface area is 146 Å². The normalized spacial score (nSPS) is 40.3. The molecule has 0 atom stereocenters. The molecule has 3 nitrogen and oxygen atoms in total. The Morgan fingerprint density at radius 3 is 1.92 bits per heavy atom. The number of carbonyl (C=O) groups is 1. The maximum atomic E-state index is 13.5. The minimum Gasteiger partial charge on any atom is -0.298 e. The quantitative estimate of drug-likeness (QED) is 0.823. The molecule has 0 N–H and O–H groups in total. The maximum Gasteiger partial charge on any atom is 0.150 e. The van der Waals surface area contributed by atoms with E-state index in [9.17, 15) is 4.79 Å². The first-order valence-electron chi connectivity index (χ1n) is 9.64. The van der Waals surface area contributed by atoms with Gasteiger partial charge in [-0.2, -0.15) is 0 Å². The molecule has 4 aliphatic rings. The topological polar surface area (TPSA) is 23.6 Å². The second-order valence-electron chi connectivity index (χ2n) is 8.43. The van der Waals surface area contributed by atoms with Crippen LogP contribution in [0, 0.1) is 17.8 Å². The largest absolute Gasteiger partial charge is 0.298 e. The molecular weight excluding hydrogens is 296 g/mol. The predicted octanol–water partition coefficient (Wildman–Crippen LogP) is 3.78. The molecule has 4 heterocycles. The Morgan fingerprint density at radius 2 is 1.46 bits per heavy atom. The minimum atomic E-state index is -0.112. The molecule has 0 unspecified atom stereocenters. The van der Waals surface area contributed by atoms with Gasteiger partial charge in [0.1, 0.15) is 5.78 Å². The first-order valence-corrected chi connectivity index (χ1v) is 9.64. The Hall–Kier alpha value is -1.19. The monoisotopic (exact) mass is 326 g/mol. The van der Waals surface area contributed by atoms with Gasteiger partial charge in [-0.3, -0.25) is 14.6 Å². The fraction of sp³-hybridized carbons (Fsp3) is 0.667. The summed E-state index contributed by atoms with van der Waals surface area (Å²) in [6, 6.07) is 8.78. The van der Waals surface area contributed by atoms with E-state index in [1.54, 1.807) is 0 Å². The molecule has 4 aliphatic heterocycles. The highest BCUT2D eigenvalue weighted by Crippen LogP contribution is 2.55. The molecule has 4 bridgehead atoms. The summed E-state index contributed by atoms with van der Waals surface area (Å²) in [7, 11) is 0. The van der Waals surface area contributed by atoms with E-state index >= 15 is 0 Å². The maximum absolute atomic E-state index is 13.5. The van der Waals surface area contributed by atoms with E-state index in [0.717, 1.165) is 51.9 Å². The molecule has 1 aromatic rings. The third kappa shape index (κ3) is 2.14. The van der Waals surface area contributed by atoms with Gasteiger partial charge in [0, 0.05) is 26.2 Å². The summed E-state index contributed by atoms with van der Waals surface area (Å²) in [4.78, 5) is 18.7. The average Bonchev–Trinajstić information content (AvgIpc) is 2.53. The lowest BCUT2D eigenvalue weighted by Crippen LogP contribution is -2.76. The molecule has 0 aromatic heterocycles. The predicted molar refractivity (Wildman–Crippen MR) is 96.8 cm³/mol. The number of nitrogens with zero attached hydrogens (tertiary/aromatic N) is 2. The van der Waals surface area contributed by atoms with Crippen molar-refractivity contribution in [1.29, 1.82) is 0 Å². The van der Waals surface area contributed by atoms with E-state index < -0.39 is 0 Å². The first-order chi connectivity index (χ1) is 11.6. The standard InChI is InChI=1S/C21H30N2O/c1-4-10-20-12-22-14-21(11-5-2,19(20)24)15-23(13-20)18(22)17-9-7-6-8-16(17)3/h6-9,18H,4-5,10-15H2,1-3H3. The van der Waals surface area contributed by atoms with Crippen LogP contribution < -0.4 is 0 Å². The highest BCUT2D eigenvalue weighted by molar-refractivity contribution is 5.93. The van der Waals surface area contributed by atoms with Crippen molar-refractivity contribution in [3.8, 4) is 0 Å². The second kappa shape index (κ2) is 5.67. The van der Waals surface area contributed by atoms with E-state index in [0.29, 0.717) is 11.9 Å². The van der Waals surface area contributed by atoms with E-state index in [1.807, 2.05) is 0 Å². The molecule has 130 valence electrons. The SMILES string of the molecule is CCCC12CN3CC(CCC)(CN(C1)C3c1ccccc1C)C2=O. The smallest absolute Gasteiger partial charge is 0.150 e. The van der Waals surface area contributed by atoms with Crippen LogP contribution in [0.3, 0.4) is 0 Å². The van der Waals surface area contributed by atoms with Crippen molar-refractivity contribution in [2.75, 3.05) is 26.2 Å². The average molecular weight is 326 g/mol. The zero-order valence-corrected chi connectivity index (χ0v) is 15.3. The number of hydrogen-bond acceptors (Lipinski definition) is 3. The highest BCUT2D eigenvalue weighted by atomic mass is 16.1. The van der Waals surface area contributed by atoms with Crippen LogP contribution in [0.1, 0.15) is 56.8 Å². The summed E-state index contributed by atoms with van der Waals surface area (Å²) in [5.41, 5.74) is 2.58. The molecule has 0 aliphatic carbocycles. The Bertz CT molecular complexity index is 609. The number of aryl methyl sites for hydroxylation is 1. The van der Waals surface area contributed by atoms with E-state index in [2.05, 4.69) is 54.8 Å². The number of piperidine rings is 2. The lowest BCUT2D eigenvalue weighted by atomic mass is 9.57. The number of benzene rings is 1. The van der Waals surface area contributed by atoms with Crippen molar-refractivity contribution in [3.05, 3.63) is 35.4 Å². The van der Waals surface area contributed by atoms with Crippen molar-refractivity contribution >= 4 is 5.78 Å². The molecular formula is C21H30N2O. The number of carbonyl (C=O) groups excluding carboxylic acids is 1. The van der Waals surface area contributed by atoms with E-state index in [1.165, 1.54) is 11.1 Å². The highest BCUT2D eigenvalue weighted by Gasteiger charge is 2.64. The summed E-state index contributed by atoms with van der Waals surface area (Å²) < 4.78 is 0. The lowest BCUT2D eigenvalue weighted by Gasteiger charge is -2.66. The number of rotatable bonds is 5. The number of Topliss-reactive ketones (excluding diaryl/α,β-unsaturated/α-hetero) is 1. The van der Waals surface area contributed by atoms with Crippen LogP contribution in [-0.2, 0) is 4.79 Å². The molecule has 4 fully saturated rings. The minimum absolute atomic E-state index is 0.112. The van der Waals surface area contributed by atoms with Crippen LogP contribution in [0.25, 0.3) is 0 Å². The van der Waals surface area contributed by atoms with Gasteiger partial charge in [0.05, 0.1) is 17.0 Å². The van der Waals surface area contributed by atoms with E-state index in [-0.39, 0.29) is 10.8 Å². The number of hydrogen-bond donors (Lipinski definition) is 0. The van der Waals surface area contributed by atoms with Crippen LogP contribution in [0.4, 0.5) is 0 Å². The van der Waals surface area contributed by atoms with Crippen molar-refractivity contribution in [1.82, 2.24) is 9.80 Å². The molecule has 0 radical (unpaired) electrons. The second-order valence-corrected chi connectivity index (χ2v) is 8.43. The van der Waals surface area contributed by atoms with Crippen LogP contribution >= 0.6 is 0 Å².